The lowest BCUT2D eigenvalue weighted by Crippen LogP contribution is -2.30. The number of benzene rings is 1. The molecule has 0 saturated heterocycles. The summed E-state index contributed by atoms with van der Waals surface area (Å²) in [5.41, 5.74) is 8.19. The van der Waals surface area contributed by atoms with Gasteiger partial charge in [-0.15, -0.1) is 0 Å². The number of allylic oxidation sites excluding steroid dienone is 1. The summed E-state index contributed by atoms with van der Waals surface area (Å²) in [4.78, 5) is 12.0. The van der Waals surface area contributed by atoms with Crippen LogP contribution in [-0.4, -0.2) is 27.8 Å². The third kappa shape index (κ3) is 3.66. The van der Waals surface area contributed by atoms with E-state index >= 15 is 0 Å². The number of hydrogen-bond acceptors (Lipinski definition) is 6. The molecule has 0 spiro atoms. The van der Waals surface area contributed by atoms with E-state index in [9.17, 15) is 15.1 Å². The molecule has 1 aromatic carbocycles. The number of nitrogens with two attached hydrogens (primary N) is 1. The standard InChI is InChI=1S/C21H24BN5O3/c1-12(2)17-9-14-8-15(6-7-19(14)30-22(17)29)25-21-16(20(24)28)11-27(26-21)18-5-3-4-13(18)10-23/h6-9,11-13,18,29H,3-5H2,1-2H3,(H2,24,28)(H,25,26). The zero-order chi connectivity index (χ0) is 21.4. The van der Waals surface area contributed by atoms with Crippen molar-refractivity contribution in [2.45, 2.75) is 39.2 Å². The second-order valence-electron chi connectivity index (χ2n) is 8.12. The molecule has 0 radical (unpaired) electrons. The first-order valence-electron chi connectivity index (χ1n) is 10.1. The van der Waals surface area contributed by atoms with E-state index in [1.165, 1.54) is 0 Å². The summed E-state index contributed by atoms with van der Waals surface area (Å²) < 4.78 is 7.30. The summed E-state index contributed by atoms with van der Waals surface area (Å²) in [5, 5.41) is 27.2. The van der Waals surface area contributed by atoms with Gasteiger partial charge in [-0.3, -0.25) is 9.48 Å². The van der Waals surface area contributed by atoms with E-state index in [-0.39, 0.29) is 23.4 Å². The van der Waals surface area contributed by atoms with Crippen LogP contribution in [-0.2, 0) is 0 Å². The van der Waals surface area contributed by atoms with E-state index in [2.05, 4.69) is 16.5 Å². The molecule has 1 amide bonds. The Bertz CT molecular complexity index is 1060. The molecule has 2 aliphatic rings. The topological polar surface area (TPSA) is 126 Å². The van der Waals surface area contributed by atoms with Crippen LogP contribution < -0.4 is 15.7 Å². The number of primary amides is 1. The molecular weight excluding hydrogens is 381 g/mol. The fourth-order valence-corrected chi connectivity index (χ4v) is 4.12. The highest BCUT2D eigenvalue weighted by Crippen LogP contribution is 2.37. The molecule has 8 nitrogen and oxygen atoms in total. The predicted octanol–water partition coefficient (Wildman–Crippen LogP) is 3.04. The third-order valence-electron chi connectivity index (χ3n) is 5.77. The predicted molar refractivity (Wildman–Crippen MR) is 114 cm³/mol. The molecule has 2 heterocycles. The molecule has 9 heteroatoms. The Morgan fingerprint density at radius 3 is 2.97 bits per heavy atom. The number of aromatic nitrogens is 2. The Morgan fingerprint density at radius 2 is 2.27 bits per heavy atom. The number of carbonyl (C=O) groups is 1. The number of nitrogens with one attached hydrogen (secondary N) is 1. The van der Waals surface area contributed by atoms with Gasteiger partial charge in [-0.2, -0.15) is 10.4 Å². The highest BCUT2D eigenvalue weighted by molar-refractivity contribution is 6.55. The highest BCUT2D eigenvalue weighted by atomic mass is 16.5. The number of nitrogens with zero attached hydrogens (tertiary/aromatic N) is 3. The van der Waals surface area contributed by atoms with Gasteiger partial charge in [-0.1, -0.05) is 19.9 Å². The number of anilines is 2. The van der Waals surface area contributed by atoms with E-state index in [1.807, 2.05) is 26.0 Å². The molecule has 2 unspecified atom stereocenters. The van der Waals surface area contributed by atoms with Gasteiger partial charge in [0.25, 0.3) is 5.91 Å². The van der Waals surface area contributed by atoms with Crippen LogP contribution in [0.2, 0.25) is 0 Å². The van der Waals surface area contributed by atoms with Crippen molar-refractivity contribution in [3.05, 3.63) is 41.0 Å². The number of fused-ring (bicyclic) bond motifs is 1. The molecule has 1 aromatic heterocycles. The smallest absolute Gasteiger partial charge is 0.532 e. The SMILES string of the molecule is CC(C)C1=Cc2cc(Nc3nn(C4CCCC4C#N)cc3C(N)=O)ccc2OB1O. The Balaban J connectivity index is 1.65. The quantitative estimate of drug-likeness (QED) is 0.657. The first-order valence-corrected chi connectivity index (χ1v) is 10.1. The number of carbonyl (C=O) groups excluding carboxylic acids is 1. The maximum Gasteiger partial charge on any atom is 0.556 e. The lowest BCUT2D eigenvalue weighted by Gasteiger charge is -2.23. The van der Waals surface area contributed by atoms with E-state index in [1.54, 1.807) is 23.0 Å². The average molecular weight is 405 g/mol. The molecule has 2 atom stereocenters. The molecule has 1 aliphatic heterocycles. The minimum absolute atomic E-state index is 0.0568. The third-order valence-corrected chi connectivity index (χ3v) is 5.77. The van der Waals surface area contributed by atoms with Gasteiger partial charge in [-0.25, -0.2) is 0 Å². The van der Waals surface area contributed by atoms with Gasteiger partial charge >= 0.3 is 7.12 Å². The van der Waals surface area contributed by atoms with E-state index in [4.69, 9.17) is 10.4 Å². The van der Waals surface area contributed by atoms with Crippen LogP contribution in [0.4, 0.5) is 11.5 Å². The Hall–Kier alpha value is -3.25. The Morgan fingerprint density at radius 1 is 1.47 bits per heavy atom. The van der Waals surface area contributed by atoms with Gasteiger partial charge in [0.1, 0.15) is 11.3 Å². The van der Waals surface area contributed by atoms with Gasteiger partial charge in [0.15, 0.2) is 5.82 Å². The fraction of sp³-hybridized carbons (Fsp3) is 0.381. The molecule has 1 saturated carbocycles. The van der Waals surface area contributed by atoms with Crippen molar-refractivity contribution in [2.24, 2.45) is 17.6 Å². The van der Waals surface area contributed by atoms with Crippen molar-refractivity contribution in [1.29, 1.82) is 5.26 Å². The molecule has 1 aliphatic carbocycles. The van der Waals surface area contributed by atoms with Gasteiger partial charge in [0.2, 0.25) is 0 Å². The lowest BCUT2D eigenvalue weighted by atomic mass is 9.70. The molecule has 30 heavy (non-hydrogen) atoms. The van der Waals surface area contributed by atoms with Crippen molar-refractivity contribution in [3.63, 3.8) is 0 Å². The van der Waals surface area contributed by atoms with Crippen LogP contribution >= 0.6 is 0 Å². The first kappa shape index (κ1) is 20.0. The van der Waals surface area contributed by atoms with E-state index in [0.29, 0.717) is 17.3 Å². The van der Waals surface area contributed by atoms with Gasteiger partial charge < -0.3 is 20.7 Å². The zero-order valence-electron chi connectivity index (χ0n) is 17.0. The normalized spacial score (nSPS) is 20.4. The van der Waals surface area contributed by atoms with Crippen LogP contribution in [0.25, 0.3) is 6.08 Å². The number of nitriles is 1. The number of rotatable bonds is 5. The second kappa shape index (κ2) is 7.88. The van der Waals surface area contributed by atoms with Crippen molar-refractivity contribution in [3.8, 4) is 11.8 Å². The largest absolute Gasteiger partial charge is 0.556 e. The lowest BCUT2D eigenvalue weighted by molar-refractivity contribution is 0.100. The first-order chi connectivity index (χ1) is 14.4. The minimum atomic E-state index is -0.951. The summed E-state index contributed by atoms with van der Waals surface area (Å²) in [5.74, 6) is 0.380. The summed E-state index contributed by atoms with van der Waals surface area (Å²) >= 11 is 0. The van der Waals surface area contributed by atoms with E-state index in [0.717, 1.165) is 30.3 Å². The number of amides is 1. The Labute approximate surface area is 175 Å². The van der Waals surface area contributed by atoms with Crippen molar-refractivity contribution >= 4 is 30.6 Å². The minimum Gasteiger partial charge on any atom is -0.532 e. The molecule has 4 N–H and O–H groups in total. The van der Waals surface area contributed by atoms with Gasteiger partial charge in [0.05, 0.1) is 18.0 Å². The molecule has 0 bridgehead atoms. The number of hydrogen-bond donors (Lipinski definition) is 3. The summed E-state index contributed by atoms with van der Waals surface area (Å²) in [6.07, 6.45) is 6.18. The van der Waals surface area contributed by atoms with Crippen LogP contribution in [0, 0.1) is 23.2 Å². The molecule has 1 fully saturated rings. The molecular formula is C21H24BN5O3. The van der Waals surface area contributed by atoms with Gasteiger partial charge in [-0.05, 0) is 48.9 Å². The molecule has 4 rings (SSSR count). The van der Waals surface area contributed by atoms with Crippen LogP contribution in [0.5, 0.6) is 5.75 Å². The molecule has 2 aromatic rings. The van der Waals surface area contributed by atoms with Crippen LogP contribution in [0.1, 0.15) is 55.1 Å². The summed E-state index contributed by atoms with van der Waals surface area (Å²) in [6, 6.07) is 7.70. The maximum absolute atomic E-state index is 12.0. The van der Waals surface area contributed by atoms with E-state index < -0.39 is 13.0 Å². The summed E-state index contributed by atoms with van der Waals surface area (Å²) in [6.45, 7) is 3.99. The monoisotopic (exact) mass is 405 g/mol. The fourth-order valence-electron chi connectivity index (χ4n) is 4.12. The van der Waals surface area contributed by atoms with Crippen LogP contribution in [0.3, 0.4) is 0 Å². The maximum atomic E-state index is 12.0. The van der Waals surface area contributed by atoms with Crippen molar-refractivity contribution < 1.29 is 14.5 Å². The average Bonchev–Trinajstić information content (AvgIpc) is 3.34. The van der Waals surface area contributed by atoms with Crippen molar-refractivity contribution in [2.75, 3.05) is 5.32 Å². The van der Waals surface area contributed by atoms with Gasteiger partial charge in [0, 0.05) is 17.4 Å². The highest BCUT2D eigenvalue weighted by Gasteiger charge is 2.31. The van der Waals surface area contributed by atoms with Crippen LogP contribution in [0.15, 0.2) is 29.9 Å². The zero-order valence-corrected chi connectivity index (χ0v) is 17.0. The molecule has 154 valence electrons. The van der Waals surface area contributed by atoms with Crippen molar-refractivity contribution in [1.82, 2.24) is 9.78 Å². The summed E-state index contributed by atoms with van der Waals surface area (Å²) in [7, 11) is -0.951. The Kier molecular flexibility index (Phi) is 5.26. The second-order valence-corrected chi connectivity index (χ2v) is 8.12.